The Bertz CT molecular complexity index is 176. The second-order valence-corrected chi connectivity index (χ2v) is 5.52. The third kappa shape index (κ3) is 1.84. The van der Waals surface area contributed by atoms with Crippen molar-refractivity contribution in [2.75, 3.05) is 6.54 Å². The average Bonchev–Trinajstić information content (AvgIpc) is 2.88. The Morgan fingerprint density at radius 2 is 1.71 bits per heavy atom. The zero-order valence-corrected chi connectivity index (χ0v) is 9.92. The van der Waals surface area contributed by atoms with Crippen molar-refractivity contribution in [3.63, 3.8) is 0 Å². The lowest BCUT2D eigenvalue weighted by Crippen LogP contribution is -2.36. The Hall–Kier alpha value is -0.0400. The van der Waals surface area contributed by atoms with Gasteiger partial charge in [0.1, 0.15) is 0 Å². The van der Waals surface area contributed by atoms with Gasteiger partial charge >= 0.3 is 0 Å². The van der Waals surface area contributed by atoms with E-state index in [1.54, 1.807) is 0 Å². The smallest absolute Gasteiger partial charge is 0.0124 e. The number of hydrogen-bond acceptors (Lipinski definition) is 1. The molecule has 3 atom stereocenters. The quantitative estimate of drug-likeness (QED) is 0.727. The molecule has 2 aliphatic rings. The predicted octanol–water partition coefficient (Wildman–Crippen LogP) is 3.06. The lowest BCUT2D eigenvalue weighted by atomic mass is 9.97. The van der Waals surface area contributed by atoms with Gasteiger partial charge in [0.15, 0.2) is 0 Å². The molecule has 0 aromatic heterocycles. The summed E-state index contributed by atoms with van der Waals surface area (Å²) in [5, 5.41) is 3.70. The fraction of sp³-hybridized carbons (Fsp3) is 1.00. The number of rotatable bonds is 4. The van der Waals surface area contributed by atoms with E-state index in [9.17, 15) is 0 Å². The lowest BCUT2D eigenvalue weighted by Gasteiger charge is -2.22. The molecular formula is C13H25N. The molecule has 2 saturated carbocycles. The number of hydrogen-bond donors (Lipinski definition) is 1. The average molecular weight is 195 g/mol. The normalized spacial score (nSPS) is 38.1. The summed E-state index contributed by atoms with van der Waals surface area (Å²) in [6, 6.07) is 0.799. The van der Waals surface area contributed by atoms with Crippen molar-refractivity contribution in [3.05, 3.63) is 0 Å². The van der Waals surface area contributed by atoms with Crippen LogP contribution in [0.25, 0.3) is 0 Å². The van der Waals surface area contributed by atoms with E-state index in [4.69, 9.17) is 0 Å². The van der Waals surface area contributed by atoms with Crippen molar-refractivity contribution in [1.82, 2.24) is 5.32 Å². The zero-order valence-electron chi connectivity index (χ0n) is 9.92. The van der Waals surface area contributed by atoms with Crippen LogP contribution in [-0.4, -0.2) is 12.6 Å². The van der Waals surface area contributed by atoms with Crippen LogP contribution in [0.2, 0.25) is 0 Å². The molecular weight excluding hydrogens is 170 g/mol. The van der Waals surface area contributed by atoms with Crippen LogP contribution in [0, 0.1) is 23.7 Å². The van der Waals surface area contributed by atoms with E-state index in [2.05, 4.69) is 26.1 Å². The lowest BCUT2D eigenvalue weighted by molar-refractivity contribution is 0.345. The molecule has 0 aromatic carbocycles. The number of nitrogens with one attached hydrogen (secondary N) is 1. The van der Waals surface area contributed by atoms with E-state index in [-0.39, 0.29) is 0 Å². The Labute approximate surface area is 88.7 Å². The van der Waals surface area contributed by atoms with Crippen LogP contribution in [0.15, 0.2) is 0 Å². The third-order valence-corrected chi connectivity index (χ3v) is 4.30. The summed E-state index contributed by atoms with van der Waals surface area (Å²) >= 11 is 0. The van der Waals surface area contributed by atoms with Gasteiger partial charge in [-0.25, -0.2) is 0 Å². The Morgan fingerprint density at radius 3 is 2.14 bits per heavy atom. The highest BCUT2D eigenvalue weighted by atomic mass is 14.9. The molecule has 0 heterocycles. The Balaban J connectivity index is 1.92. The van der Waals surface area contributed by atoms with Crippen LogP contribution < -0.4 is 5.32 Å². The molecule has 0 aliphatic heterocycles. The summed E-state index contributed by atoms with van der Waals surface area (Å²) in [4.78, 5) is 0. The minimum absolute atomic E-state index is 0.799. The van der Waals surface area contributed by atoms with E-state index in [0.717, 1.165) is 36.3 Å². The van der Waals surface area contributed by atoms with Gasteiger partial charge in [0.2, 0.25) is 0 Å². The molecule has 2 rings (SSSR count). The second kappa shape index (κ2) is 4.22. The molecule has 1 nitrogen and oxygen atoms in total. The highest BCUT2D eigenvalue weighted by molar-refractivity contribution is 5.05. The van der Waals surface area contributed by atoms with Crippen molar-refractivity contribution in [2.45, 2.75) is 52.5 Å². The summed E-state index contributed by atoms with van der Waals surface area (Å²) in [6.45, 7) is 8.12. The minimum atomic E-state index is 0.799. The van der Waals surface area contributed by atoms with E-state index < -0.39 is 0 Å². The monoisotopic (exact) mass is 195 g/mol. The molecule has 0 bridgehead atoms. The SMILES string of the molecule is CCNC(C(C)C)C1C2CCCCC21. The molecule has 1 N–H and O–H groups in total. The van der Waals surface area contributed by atoms with Crippen LogP contribution in [0.4, 0.5) is 0 Å². The third-order valence-electron chi connectivity index (χ3n) is 4.30. The highest BCUT2D eigenvalue weighted by Crippen LogP contribution is 2.57. The van der Waals surface area contributed by atoms with E-state index in [1.165, 1.54) is 25.7 Å². The highest BCUT2D eigenvalue weighted by Gasteiger charge is 2.54. The van der Waals surface area contributed by atoms with Gasteiger partial charge < -0.3 is 5.32 Å². The maximum atomic E-state index is 3.70. The van der Waals surface area contributed by atoms with E-state index in [1.807, 2.05) is 0 Å². The largest absolute Gasteiger partial charge is 0.314 e. The van der Waals surface area contributed by atoms with Crippen LogP contribution in [0.1, 0.15) is 46.5 Å². The first-order chi connectivity index (χ1) is 6.75. The van der Waals surface area contributed by atoms with Crippen molar-refractivity contribution < 1.29 is 0 Å². The van der Waals surface area contributed by atoms with Crippen LogP contribution >= 0.6 is 0 Å². The van der Waals surface area contributed by atoms with Crippen molar-refractivity contribution in [2.24, 2.45) is 23.7 Å². The van der Waals surface area contributed by atoms with Crippen molar-refractivity contribution in [1.29, 1.82) is 0 Å². The maximum Gasteiger partial charge on any atom is 0.0124 e. The fourth-order valence-electron chi connectivity index (χ4n) is 3.63. The van der Waals surface area contributed by atoms with Gasteiger partial charge in [-0.1, -0.05) is 33.6 Å². The Morgan fingerprint density at radius 1 is 1.14 bits per heavy atom. The van der Waals surface area contributed by atoms with Crippen LogP contribution in [0.5, 0.6) is 0 Å². The molecule has 0 aromatic rings. The molecule has 14 heavy (non-hydrogen) atoms. The number of fused-ring (bicyclic) bond motifs is 1. The van der Waals surface area contributed by atoms with Crippen molar-refractivity contribution in [3.8, 4) is 0 Å². The van der Waals surface area contributed by atoms with E-state index >= 15 is 0 Å². The van der Waals surface area contributed by atoms with Gasteiger partial charge in [-0.3, -0.25) is 0 Å². The molecule has 0 spiro atoms. The van der Waals surface area contributed by atoms with E-state index in [0.29, 0.717) is 0 Å². The fourth-order valence-corrected chi connectivity index (χ4v) is 3.63. The molecule has 2 fully saturated rings. The first-order valence-electron chi connectivity index (χ1n) is 6.49. The molecule has 0 saturated heterocycles. The van der Waals surface area contributed by atoms with Crippen molar-refractivity contribution >= 4 is 0 Å². The van der Waals surface area contributed by atoms with Gasteiger partial charge in [0.05, 0.1) is 0 Å². The summed E-state index contributed by atoms with van der Waals surface area (Å²) in [5.41, 5.74) is 0. The molecule has 82 valence electrons. The molecule has 0 amide bonds. The van der Waals surface area contributed by atoms with Gasteiger partial charge in [-0.05, 0) is 43.1 Å². The second-order valence-electron chi connectivity index (χ2n) is 5.52. The summed E-state index contributed by atoms with van der Waals surface area (Å²) in [5.74, 6) is 4.02. The summed E-state index contributed by atoms with van der Waals surface area (Å²) in [7, 11) is 0. The van der Waals surface area contributed by atoms with Crippen LogP contribution in [0.3, 0.4) is 0 Å². The first-order valence-corrected chi connectivity index (χ1v) is 6.49. The predicted molar refractivity (Wildman–Crippen MR) is 61.2 cm³/mol. The topological polar surface area (TPSA) is 12.0 Å². The van der Waals surface area contributed by atoms with Gasteiger partial charge in [0, 0.05) is 6.04 Å². The van der Waals surface area contributed by atoms with Crippen LogP contribution in [-0.2, 0) is 0 Å². The van der Waals surface area contributed by atoms with Gasteiger partial charge in [-0.2, -0.15) is 0 Å². The summed E-state index contributed by atoms with van der Waals surface area (Å²) in [6.07, 6.45) is 6.02. The molecule has 1 heteroatoms. The Kier molecular flexibility index (Phi) is 3.16. The molecule has 0 radical (unpaired) electrons. The standard InChI is InChI=1S/C13H25N/c1-4-14-13(9(2)3)12-10-7-5-6-8-11(10)12/h9-14H,4-8H2,1-3H3. The van der Waals surface area contributed by atoms with Gasteiger partial charge in [0.25, 0.3) is 0 Å². The maximum absolute atomic E-state index is 3.70. The first kappa shape index (κ1) is 10.5. The molecule has 3 unspecified atom stereocenters. The minimum Gasteiger partial charge on any atom is -0.314 e. The van der Waals surface area contributed by atoms with Gasteiger partial charge in [-0.15, -0.1) is 0 Å². The summed E-state index contributed by atoms with van der Waals surface area (Å²) < 4.78 is 0. The molecule has 2 aliphatic carbocycles. The zero-order chi connectivity index (χ0) is 10.1.